The zero-order chi connectivity index (χ0) is 34.6. The number of aromatic nitrogens is 1. The molecule has 10 rings (SSSR count). The Bertz CT molecular complexity index is 2530. The SMILES string of the molecule is N#Cc1cccc(C2NC(c3cccc(-n4c5c(c6ccccc64)C=C4C6=C(CCC=C6)N(c6ccccc6)C4C5)c3)NC(c3ccccc3)=[NH+]2)c1. The van der Waals surface area contributed by atoms with Gasteiger partial charge in [-0.3, -0.25) is 10.3 Å². The van der Waals surface area contributed by atoms with Crippen molar-refractivity contribution in [3.8, 4) is 11.8 Å². The van der Waals surface area contributed by atoms with Gasteiger partial charge in [0, 0.05) is 51.3 Å². The first-order valence-electron chi connectivity index (χ1n) is 18.1. The first-order chi connectivity index (χ1) is 25.7. The Balaban J connectivity index is 1.08. The third-order valence-corrected chi connectivity index (χ3v) is 10.9. The van der Waals surface area contributed by atoms with Crippen molar-refractivity contribution in [3.63, 3.8) is 0 Å². The molecule has 3 N–H and O–H groups in total. The van der Waals surface area contributed by atoms with Gasteiger partial charge in [0.25, 0.3) is 5.84 Å². The van der Waals surface area contributed by atoms with Crippen molar-refractivity contribution in [1.29, 1.82) is 5.26 Å². The van der Waals surface area contributed by atoms with E-state index in [0.29, 0.717) is 5.56 Å². The van der Waals surface area contributed by atoms with Crippen LogP contribution >= 0.6 is 0 Å². The Labute approximate surface area is 303 Å². The molecule has 4 aliphatic rings. The molecule has 3 atom stereocenters. The standard InChI is InChI=1S/C46H36N6/c47-29-30-13-11-16-32(25-30)45-48-44(31-14-3-1-4-15-31)49-46(50-45)33-17-12-20-35(26-33)52-41-24-10-8-22-37(41)39-27-38-36-21-7-9-23-40(36)51(42(38)28-43(39)52)34-18-5-2-6-19-34/h1-8,10-22,24-27,42,45-46,50H,9,23,28H2,(H,48,49)/p+1. The van der Waals surface area contributed by atoms with Gasteiger partial charge in [-0.15, -0.1) is 0 Å². The third kappa shape index (κ3) is 5.01. The van der Waals surface area contributed by atoms with Crippen LogP contribution in [0, 0.1) is 11.3 Å². The predicted molar refractivity (Wildman–Crippen MR) is 207 cm³/mol. The van der Waals surface area contributed by atoms with Gasteiger partial charge in [0.05, 0.1) is 28.8 Å². The van der Waals surface area contributed by atoms with Crippen molar-refractivity contribution in [3.05, 3.63) is 196 Å². The van der Waals surface area contributed by atoms with Crippen LogP contribution in [0.2, 0.25) is 0 Å². The summed E-state index contributed by atoms with van der Waals surface area (Å²) >= 11 is 0. The van der Waals surface area contributed by atoms with Crippen molar-refractivity contribution in [2.45, 2.75) is 37.6 Å². The molecule has 6 heteroatoms. The van der Waals surface area contributed by atoms with Gasteiger partial charge in [0.1, 0.15) is 0 Å². The normalized spacial score (nSPS) is 20.4. The van der Waals surface area contributed by atoms with Crippen LogP contribution in [0.4, 0.5) is 5.69 Å². The molecule has 2 aliphatic carbocycles. The lowest BCUT2D eigenvalue weighted by Gasteiger charge is -2.33. The van der Waals surface area contributed by atoms with Crippen LogP contribution in [0.5, 0.6) is 0 Å². The second-order valence-corrected chi connectivity index (χ2v) is 13.9. The average Bonchev–Trinajstić information content (AvgIpc) is 3.72. The van der Waals surface area contributed by atoms with Gasteiger partial charge in [-0.25, -0.2) is 5.32 Å². The summed E-state index contributed by atoms with van der Waals surface area (Å²) in [6.07, 6.45) is 9.82. The quantitative estimate of drug-likeness (QED) is 0.179. The summed E-state index contributed by atoms with van der Waals surface area (Å²) in [7, 11) is 0. The van der Waals surface area contributed by atoms with Crippen molar-refractivity contribution in [1.82, 2.24) is 15.2 Å². The molecule has 2 aliphatic heterocycles. The molecule has 1 aromatic heterocycles. The molecule has 0 saturated heterocycles. The van der Waals surface area contributed by atoms with Crippen molar-refractivity contribution >= 4 is 28.5 Å². The van der Waals surface area contributed by atoms with Crippen LogP contribution in [-0.4, -0.2) is 16.4 Å². The summed E-state index contributed by atoms with van der Waals surface area (Å²) < 4.78 is 2.49. The van der Waals surface area contributed by atoms with Crippen LogP contribution in [0.25, 0.3) is 22.7 Å². The van der Waals surface area contributed by atoms with Crippen molar-refractivity contribution < 1.29 is 4.99 Å². The Morgan fingerprint density at radius 1 is 0.769 bits per heavy atom. The number of nitrogens with zero attached hydrogens (tertiary/aromatic N) is 3. The second-order valence-electron chi connectivity index (χ2n) is 13.9. The number of nitrogens with one attached hydrogen (secondary N) is 3. The highest BCUT2D eigenvalue weighted by atomic mass is 15.3. The molecule has 5 aromatic carbocycles. The van der Waals surface area contributed by atoms with E-state index in [2.05, 4.69) is 159 Å². The third-order valence-electron chi connectivity index (χ3n) is 10.9. The molecular formula is C46H37N6+. The summed E-state index contributed by atoms with van der Waals surface area (Å²) in [6.45, 7) is 0. The second kappa shape index (κ2) is 12.4. The molecule has 6 aromatic rings. The summed E-state index contributed by atoms with van der Waals surface area (Å²) in [5, 5.41) is 18.5. The smallest absolute Gasteiger partial charge is 0.278 e. The lowest BCUT2D eigenvalue weighted by molar-refractivity contribution is -0.527. The minimum atomic E-state index is -0.207. The van der Waals surface area contributed by atoms with Gasteiger partial charge in [-0.2, -0.15) is 5.26 Å². The molecule has 0 spiro atoms. The van der Waals surface area contributed by atoms with E-state index in [1.807, 2.05) is 24.3 Å². The Hall–Kier alpha value is -6.42. The number of allylic oxidation sites excluding steroid dienone is 3. The highest BCUT2D eigenvalue weighted by Crippen LogP contribution is 2.48. The number of amidine groups is 1. The van der Waals surface area contributed by atoms with E-state index in [9.17, 15) is 5.26 Å². The van der Waals surface area contributed by atoms with Crippen LogP contribution < -0.4 is 20.5 Å². The predicted octanol–water partition coefficient (Wildman–Crippen LogP) is 7.35. The molecule has 6 nitrogen and oxygen atoms in total. The summed E-state index contributed by atoms with van der Waals surface area (Å²) in [5.74, 6) is 0.941. The molecule has 0 fully saturated rings. The highest BCUT2D eigenvalue weighted by Gasteiger charge is 2.40. The zero-order valence-corrected chi connectivity index (χ0v) is 28.6. The fourth-order valence-electron chi connectivity index (χ4n) is 8.63. The molecule has 250 valence electrons. The molecule has 0 amide bonds. The lowest BCUT2D eigenvalue weighted by atomic mass is 9.88. The van der Waals surface area contributed by atoms with Crippen molar-refractivity contribution in [2.24, 2.45) is 0 Å². The van der Waals surface area contributed by atoms with Gasteiger partial charge in [0.2, 0.25) is 0 Å². The molecule has 3 unspecified atom stereocenters. The highest BCUT2D eigenvalue weighted by molar-refractivity contribution is 5.96. The monoisotopic (exact) mass is 673 g/mol. The lowest BCUT2D eigenvalue weighted by Crippen LogP contribution is -2.85. The fourth-order valence-corrected chi connectivity index (χ4v) is 8.63. The number of para-hydroxylation sites is 2. The van der Waals surface area contributed by atoms with Crippen molar-refractivity contribution in [2.75, 3.05) is 4.90 Å². The van der Waals surface area contributed by atoms with Crippen LogP contribution in [0.1, 0.15) is 58.7 Å². The molecule has 0 bridgehead atoms. The molecule has 52 heavy (non-hydrogen) atoms. The molecule has 0 saturated carbocycles. The van der Waals surface area contributed by atoms with E-state index in [1.165, 1.54) is 44.7 Å². The minimum absolute atomic E-state index is 0.192. The number of rotatable bonds is 5. The van der Waals surface area contributed by atoms with E-state index in [4.69, 9.17) is 0 Å². The van der Waals surface area contributed by atoms with Gasteiger partial charge in [0.15, 0.2) is 12.3 Å². The van der Waals surface area contributed by atoms with Gasteiger partial charge >= 0.3 is 0 Å². The largest absolute Gasteiger partial charge is 0.337 e. The number of nitriles is 1. The van der Waals surface area contributed by atoms with Gasteiger partial charge in [-0.05, 0) is 84.7 Å². The van der Waals surface area contributed by atoms with Gasteiger partial charge in [-0.1, -0.05) is 91.0 Å². The zero-order valence-electron chi connectivity index (χ0n) is 28.6. The molecule has 0 radical (unpaired) electrons. The number of benzene rings is 5. The average molecular weight is 674 g/mol. The summed E-state index contributed by atoms with van der Waals surface area (Å²) in [6, 6.07) is 49.4. The summed E-state index contributed by atoms with van der Waals surface area (Å²) in [4.78, 5) is 6.27. The van der Waals surface area contributed by atoms with Crippen LogP contribution in [-0.2, 0) is 6.42 Å². The first-order valence-corrected chi connectivity index (χ1v) is 18.1. The number of hydrogen-bond acceptors (Lipinski definition) is 4. The van der Waals surface area contributed by atoms with Gasteiger partial charge < -0.3 is 9.47 Å². The maximum Gasteiger partial charge on any atom is 0.278 e. The maximum atomic E-state index is 9.66. The first kappa shape index (κ1) is 30.4. The molecular weight excluding hydrogens is 637 g/mol. The summed E-state index contributed by atoms with van der Waals surface area (Å²) in [5.41, 5.74) is 14.4. The van der Waals surface area contributed by atoms with E-state index in [-0.39, 0.29) is 18.4 Å². The number of fused-ring (bicyclic) bond motifs is 5. The minimum Gasteiger partial charge on any atom is -0.337 e. The number of anilines is 1. The van der Waals surface area contributed by atoms with E-state index in [1.54, 1.807) is 0 Å². The Kier molecular flexibility index (Phi) is 7.26. The Morgan fingerprint density at radius 3 is 2.40 bits per heavy atom. The maximum absolute atomic E-state index is 9.66. The van der Waals surface area contributed by atoms with Crippen LogP contribution in [0.15, 0.2) is 162 Å². The number of hydrogen-bond donors (Lipinski definition) is 3. The van der Waals surface area contributed by atoms with E-state index < -0.39 is 0 Å². The van der Waals surface area contributed by atoms with Crippen LogP contribution in [0.3, 0.4) is 0 Å². The Morgan fingerprint density at radius 2 is 1.54 bits per heavy atom. The topological polar surface area (TPSA) is 70.0 Å². The van der Waals surface area contributed by atoms with E-state index in [0.717, 1.165) is 47.5 Å². The molecule has 3 heterocycles. The van der Waals surface area contributed by atoms with E-state index >= 15 is 0 Å². The fraction of sp³-hybridized carbons (Fsp3) is 0.130.